The fourth-order valence-corrected chi connectivity index (χ4v) is 3.20. The Morgan fingerprint density at radius 2 is 1.72 bits per heavy atom. The number of aryl methyl sites for hydroxylation is 1. The number of hydrogen-bond donors (Lipinski definition) is 2. The zero-order chi connectivity index (χ0) is 21.8. The molecule has 2 amide bonds. The third-order valence-corrected chi connectivity index (χ3v) is 4.59. The lowest BCUT2D eigenvalue weighted by atomic mass is 10.1. The molecule has 0 saturated heterocycles. The van der Waals surface area contributed by atoms with Gasteiger partial charge in [0.15, 0.2) is 0 Å². The molecule has 1 aromatic heterocycles. The van der Waals surface area contributed by atoms with Crippen LogP contribution in [0.4, 0.5) is 5.69 Å². The highest BCUT2D eigenvalue weighted by Gasteiger charge is 2.16. The van der Waals surface area contributed by atoms with Gasteiger partial charge in [0, 0.05) is 35.4 Å². The van der Waals surface area contributed by atoms with Crippen LogP contribution in [-0.2, 0) is 17.8 Å². The van der Waals surface area contributed by atoms with Crippen LogP contribution >= 0.6 is 0 Å². The normalized spacial score (nSPS) is 11.6. The molecule has 0 radical (unpaired) electrons. The van der Waals surface area contributed by atoms with Crippen molar-refractivity contribution in [3.05, 3.63) is 46.8 Å². The quantitative estimate of drug-likeness (QED) is 0.732. The van der Waals surface area contributed by atoms with E-state index in [0.29, 0.717) is 30.0 Å². The van der Waals surface area contributed by atoms with E-state index in [1.165, 1.54) is 0 Å². The number of carbonyl (C=O) groups excluding carboxylic acids is 2. The minimum atomic E-state index is -0.288. The predicted octanol–water partition coefficient (Wildman–Crippen LogP) is 4.26. The number of benzene rings is 1. The summed E-state index contributed by atoms with van der Waals surface area (Å²) < 4.78 is 2.04. The summed E-state index contributed by atoms with van der Waals surface area (Å²) in [6.07, 6.45) is 1.05. The second-order valence-corrected chi connectivity index (χ2v) is 9.05. The van der Waals surface area contributed by atoms with Crippen LogP contribution < -0.4 is 10.6 Å². The maximum Gasteiger partial charge on any atom is 0.251 e. The molecule has 0 saturated carbocycles. The first-order valence-corrected chi connectivity index (χ1v) is 10.2. The number of nitrogens with zero attached hydrogens (tertiary/aromatic N) is 2. The first-order valence-electron chi connectivity index (χ1n) is 10.2. The van der Waals surface area contributed by atoms with Crippen molar-refractivity contribution in [2.75, 3.05) is 5.32 Å². The molecule has 0 aliphatic rings. The van der Waals surface area contributed by atoms with Gasteiger partial charge in [-0.25, -0.2) is 0 Å². The molecule has 6 nitrogen and oxygen atoms in total. The maximum absolute atomic E-state index is 12.4. The van der Waals surface area contributed by atoms with Gasteiger partial charge in [-0.15, -0.1) is 0 Å². The second kappa shape index (κ2) is 9.25. The monoisotopic (exact) mass is 398 g/mol. The number of anilines is 1. The maximum atomic E-state index is 12.4. The molecule has 2 rings (SSSR count). The lowest BCUT2D eigenvalue weighted by Crippen LogP contribution is -2.40. The number of nitrogens with one attached hydrogen (secondary N) is 2. The minimum absolute atomic E-state index is 0.0488. The molecule has 6 heteroatoms. The predicted molar refractivity (Wildman–Crippen MR) is 117 cm³/mol. The van der Waals surface area contributed by atoms with Crippen LogP contribution in [0, 0.1) is 19.8 Å². The van der Waals surface area contributed by atoms with Crippen molar-refractivity contribution in [1.82, 2.24) is 15.1 Å². The lowest BCUT2D eigenvalue weighted by molar-refractivity contribution is -0.116. The van der Waals surface area contributed by atoms with E-state index >= 15 is 0 Å². The topological polar surface area (TPSA) is 76.0 Å². The van der Waals surface area contributed by atoms with E-state index in [2.05, 4.69) is 36.5 Å². The number of hydrogen-bond acceptors (Lipinski definition) is 3. The first kappa shape index (κ1) is 22.7. The van der Waals surface area contributed by atoms with Crippen molar-refractivity contribution < 1.29 is 9.59 Å². The molecule has 0 atom stereocenters. The highest BCUT2D eigenvalue weighted by Crippen LogP contribution is 2.17. The highest BCUT2D eigenvalue weighted by molar-refractivity contribution is 5.96. The SMILES string of the molecule is Cc1nn(CC(C)C)c(C)c1CCC(=O)Nc1ccc(C(=O)NC(C)(C)C)cc1. The van der Waals surface area contributed by atoms with Crippen LogP contribution in [0.5, 0.6) is 0 Å². The molecule has 0 fully saturated rings. The molecule has 0 bridgehead atoms. The van der Waals surface area contributed by atoms with Crippen LogP contribution in [0.2, 0.25) is 0 Å². The molecule has 1 heterocycles. The Kier molecular flexibility index (Phi) is 7.22. The van der Waals surface area contributed by atoms with Gasteiger partial charge in [0.05, 0.1) is 5.69 Å². The molecule has 2 N–H and O–H groups in total. The Morgan fingerprint density at radius 1 is 1.10 bits per heavy atom. The highest BCUT2D eigenvalue weighted by atomic mass is 16.2. The minimum Gasteiger partial charge on any atom is -0.347 e. The molecular weight excluding hydrogens is 364 g/mol. The van der Waals surface area contributed by atoms with Crippen molar-refractivity contribution in [3.63, 3.8) is 0 Å². The van der Waals surface area contributed by atoms with Gasteiger partial charge in [0.2, 0.25) is 5.91 Å². The molecule has 1 aromatic carbocycles. The summed E-state index contributed by atoms with van der Waals surface area (Å²) in [5.41, 5.74) is 4.25. The second-order valence-electron chi connectivity index (χ2n) is 9.05. The molecule has 0 unspecified atom stereocenters. The Hall–Kier alpha value is -2.63. The van der Waals surface area contributed by atoms with E-state index in [0.717, 1.165) is 23.5 Å². The summed E-state index contributed by atoms with van der Waals surface area (Å²) in [7, 11) is 0. The fraction of sp³-hybridized carbons (Fsp3) is 0.522. The molecule has 2 aromatic rings. The Labute approximate surface area is 174 Å². The molecule has 0 aliphatic heterocycles. The van der Waals surface area contributed by atoms with Crippen molar-refractivity contribution in [2.24, 2.45) is 5.92 Å². The van der Waals surface area contributed by atoms with Crippen LogP contribution in [0.15, 0.2) is 24.3 Å². The lowest BCUT2D eigenvalue weighted by Gasteiger charge is -2.20. The van der Waals surface area contributed by atoms with Crippen LogP contribution in [0.1, 0.15) is 68.3 Å². The smallest absolute Gasteiger partial charge is 0.251 e. The van der Waals surface area contributed by atoms with E-state index in [-0.39, 0.29) is 17.4 Å². The number of aromatic nitrogens is 2. The molecular formula is C23H34N4O2. The van der Waals surface area contributed by atoms with Crippen molar-refractivity contribution in [3.8, 4) is 0 Å². The van der Waals surface area contributed by atoms with E-state index in [1.54, 1.807) is 24.3 Å². The van der Waals surface area contributed by atoms with Gasteiger partial charge in [-0.05, 0) is 76.8 Å². The van der Waals surface area contributed by atoms with E-state index in [9.17, 15) is 9.59 Å². The molecule has 29 heavy (non-hydrogen) atoms. The number of carbonyl (C=O) groups is 2. The van der Waals surface area contributed by atoms with Crippen LogP contribution in [-0.4, -0.2) is 27.1 Å². The van der Waals surface area contributed by atoms with E-state index in [1.807, 2.05) is 32.4 Å². The van der Waals surface area contributed by atoms with Gasteiger partial charge in [-0.1, -0.05) is 13.8 Å². The fourth-order valence-electron chi connectivity index (χ4n) is 3.20. The zero-order valence-electron chi connectivity index (χ0n) is 18.7. The van der Waals surface area contributed by atoms with Gasteiger partial charge in [0.25, 0.3) is 5.91 Å². The zero-order valence-corrected chi connectivity index (χ0v) is 18.7. The van der Waals surface area contributed by atoms with Crippen molar-refractivity contribution in [2.45, 2.75) is 73.4 Å². The Balaban J connectivity index is 1.93. The molecule has 158 valence electrons. The summed E-state index contributed by atoms with van der Waals surface area (Å²) in [5, 5.41) is 10.4. The molecule has 0 spiro atoms. The van der Waals surface area contributed by atoms with Gasteiger partial charge in [-0.2, -0.15) is 5.10 Å². The summed E-state index contributed by atoms with van der Waals surface area (Å²) >= 11 is 0. The van der Waals surface area contributed by atoms with Gasteiger partial charge in [0.1, 0.15) is 0 Å². The van der Waals surface area contributed by atoms with Gasteiger partial charge in [-0.3, -0.25) is 14.3 Å². The number of amides is 2. The Morgan fingerprint density at radius 3 is 2.28 bits per heavy atom. The van der Waals surface area contributed by atoms with Crippen LogP contribution in [0.3, 0.4) is 0 Å². The summed E-state index contributed by atoms with van der Waals surface area (Å²) in [5.74, 6) is 0.352. The van der Waals surface area contributed by atoms with Crippen LogP contribution in [0.25, 0.3) is 0 Å². The third kappa shape index (κ3) is 6.73. The average molecular weight is 399 g/mol. The Bertz CT molecular complexity index is 858. The standard InChI is InChI=1S/C23H34N4O2/c1-15(2)14-27-17(4)20(16(3)26-27)12-13-21(28)24-19-10-8-18(9-11-19)22(29)25-23(5,6)7/h8-11,15H,12-14H2,1-7H3,(H,24,28)(H,25,29). The average Bonchev–Trinajstić information content (AvgIpc) is 2.85. The van der Waals surface area contributed by atoms with E-state index < -0.39 is 0 Å². The summed E-state index contributed by atoms with van der Waals surface area (Å²) in [6.45, 7) is 15.1. The van der Waals surface area contributed by atoms with Crippen molar-refractivity contribution >= 4 is 17.5 Å². The summed E-state index contributed by atoms with van der Waals surface area (Å²) in [4.78, 5) is 24.6. The van der Waals surface area contributed by atoms with Gasteiger partial charge >= 0.3 is 0 Å². The first-order chi connectivity index (χ1) is 13.5. The third-order valence-electron chi connectivity index (χ3n) is 4.59. The van der Waals surface area contributed by atoms with E-state index in [4.69, 9.17) is 0 Å². The largest absolute Gasteiger partial charge is 0.347 e. The van der Waals surface area contributed by atoms with Gasteiger partial charge < -0.3 is 10.6 Å². The number of rotatable bonds is 7. The molecule has 0 aliphatic carbocycles. The summed E-state index contributed by atoms with van der Waals surface area (Å²) in [6, 6.07) is 6.96. The van der Waals surface area contributed by atoms with Crippen molar-refractivity contribution in [1.29, 1.82) is 0 Å².